The van der Waals surface area contributed by atoms with Crippen LogP contribution in [0.2, 0.25) is 0 Å². The summed E-state index contributed by atoms with van der Waals surface area (Å²) in [5, 5.41) is 21.1. The Hall–Kier alpha value is -1.75. The summed E-state index contributed by atoms with van der Waals surface area (Å²) >= 11 is 0. The van der Waals surface area contributed by atoms with Crippen LogP contribution >= 0.6 is 0 Å². The molecule has 0 saturated carbocycles. The molecule has 1 atom stereocenters. The first-order valence-electron chi connectivity index (χ1n) is 6.28. The van der Waals surface area contributed by atoms with Gasteiger partial charge in [-0.1, -0.05) is 31.5 Å². The molecule has 0 fully saturated rings. The lowest BCUT2D eigenvalue weighted by molar-refractivity contribution is 0.214. The summed E-state index contributed by atoms with van der Waals surface area (Å²) in [7, 11) is 0. The molecular weight excluding hydrogens is 228 g/mol. The Labute approximate surface area is 106 Å². The lowest BCUT2D eigenvalue weighted by atomic mass is 10.0. The normalized spacial score (nSPS) is 12.6. The number of para-hydroxylation sites is 1. The van der Waals surface area contributed by atoms with Crippen molar-refractivity contribution in [3.05, 3.63) is 36.2 Å². The zero-order chi connectivity index (χ0) is 12.8. The topological polar surface area (TPSA) is 63.8 Å². The van der Waals surface area contributed by atoms with Crippen LogP contribution in [-0.2, 0) is 6.42 Å². The maximum absolute atomic E-state index is 9.34. The SMILES string of the molecule is CCCC(CO)Cc1nnnn1-c1ccccc1. The van der Waals surface area contributed by atoms with Crippen molar-refractivity contribution in [3.63, 3.8) is 0 Å². The summed E-state index contributed by atoms with van der Waals surface area (Å²) in [6.45, 7) is 2.29. The number of benzene rings is 1. The molecule has 0 saturated heterocycles. The van der Waals surface area contributed by atoms with Gasteiger partial charge in [-0.3, -0.25) is 0 Å². The van der Waals surface area contributed by atoms with Crippen molar-refractivity contribution in [1.82, 2.24) is 20.2 Å². The number of aromatic nitrogens is 4. The van der Waals surface area contributed by atoms with E-state index in [-0.39, 0.29) is 12.5 Å². The summed E-state index contributed by atoms with van der Waals surface area (Å²) in [5.41, 5.74) is 0.950. The van der Waals surface area contributed by atoms with Crippen LogP contribution in [0.5, 0.6) is 0 Å². The average Bonchev–Trinajstić information content (AvgIpc) is 2.87. The molecule has 0 aliphatic heterocycles. The van der Waals surface area contributed by atoms with Crippen LogP contribution < -0.4 is 0 Å². The molecule has 1 aromatic carbocycles. The first-order chi connectivity index (χ1) is 8.85. The first kappa shape index (κ1) is 12.7. The van der Waals surface area contributed by atoms with Crippen molar-refractivity contribution in [2.24, 2.45) is 5.92 Å². The van der Waals surface area contributed by atoms with Crippen molar-refractivity contribution < 1.29 is 5.11 Å². The molecule has 0 radical (unpaired) electrons. The molecule has 2 rings (SSSR count). The number of hydrogen-bond donors (Lipinski definition) is 1. The highest BCUT2D eigenvalue weighted by atomic mass is 16.3. The predicted molar refractivity (Wildman–Crippen MR) is 68.3 cm³/mol. The Balaban J connectivity index is 2.18. The van der Waals surface area contributed by atoms with Gasteiger partial charge in [0.2, 0.25) is 0 Å². The second-order valence-electron chi connectivity index (χ2n) is 4.38. The van der Waals surface area contributed by atoms with Crippen LogP contribution in [0, 0.1) is 5.92 Å². The van der Waals surface area contributed by atoms with E-state index in [2.05, 4.69) is 22.4 Å². The Bertz CT molecular complexity index is 469. The third kappa shape index (κ3) is 2.92. The molecule has 2 aromatic rings. The van der Waals surface area contributed by atoms with Crippen LogP contribution in [-0.4, -0.2) is 31.9 Å². The Kier molecular flexibility index (Phi) is 4.41. The molecule has 0 bridgehead atoms. The number of hydrogen-bond acceptors (Lipinski definition) is 4. The third-order valence-electron chi connectivity index (χ3n) is 2.96. The zero-order valence-corrected chi connectivity index (χ0v) is 10.5. The van der Waals surface area contributed by atoms with Crippen molar-refractivity contribution >= 4 is 0 Å². The smallest absolute Gasteiger partial charge is 0.157 e. The molecule has 5 heteroatoms. The van der Waals surface area contributed by atoms with Crippen molar-refractivity contribution in [2.45, 2.75) is 26.2 Å². The fourth-order valence-corrected chi connectivity index (χ4v) is 2.03. The maximum atomic E-state index is 9.34. The minimum Gasteiger partial charge on any atom is -0.396 e. The van der Waals surface area contributed by atoms with E-state index < -0.39 is 0 Å². The van der Waals surface area contributed by atoms with Gasteiger partial charge in [0, 0.05) is 13.0 Å². The number of aliphatic hydroxyl groups is 1. The van der Waals surface area contributed by atoms with Crippen LogP contribution in [0.25, 0.3) is 5.69 Å². The molecule has 0 amide bonds. The van der Waals surface area contributed by atoms with Gasteiger partial charge in [-0.05, 0) is 34.9 Å². The summed E-state index contributed by atoms with van der Waals surface area (Å²) in [5.74, 6) is 1.03. The minimum atomic E-state index is 0.176. The van der Waals surface area contributed by atoms with Gasteiger partial charge in [0.1, 0.15) is 0 Å². The van der Waals surface area contributed by atoms with E-state index in [0.29, 0.717) is 6.42 Å². The second kappa shape index (κ2) is 6.26. The van der Waals surface area contributed by atoms with Gasteiger partial charge in [-0.25, -0.2) is 0 Å². The average molecular weight is 246 g/mol. The lowest BCUT2D eigenvalue weighted by Crippen LogP contribution is -2.13. The van der Waals surface area contributed by atoms with E-state index in [0.717, 1.165) is 24.4 Å². The van der Waals surface area contributed by atoms with E-state index in [9.17, 15) is 5.11 Å². The predicted octanol–water partition coefficient (Wildman–Crippen LogP) is 1.61. The molecule has 96 valence electrons. The van der Waals surface area contributed by atoms with Gasteiger partial charge in [-0.2, -0.15) is 4.68 Å². The highest BCUT2D eigenvalue weighted by Gasteiger charge is 2.14. The fraction of sp³-hybridized carbons (Fsp3) is 0.462. The lowest BCUT2D eigenvalue weighted by Gasteiger charge is -2.12. The quantitative estimate of drug-likeness (QED) is 0.841. The van der Waals surface area contributed by atoms with Gasteiger partial charge in [0.25, 0.3) is 0 Å². The highest BCUT2D eigenvalue weighted by molar-refractivity contribution is 5.30. The monoisotopic (exact) mass is 246 g/mol. The minimum absolute atomic E-state index is 0.176. The van der Waals surface area contributed by atoms with E-state index in [1.807, 2.05) is 30.3 Å². The zero-order valence-electron chi connectivity index (χ0n) is 10.5. The van der Waals surface area contributed by atoms with Crippen molar-refractivity contribution in [3.8, 4) is 5.69 Å². The number of rotatable bonds is 6. The van der Waals surface area contributed by atoms with E-state index in [1.54, 1.807) is 4.68 Å². The number of nitrogens with zero attached hydrogens (tertiary/aromatic N) is 4. The molecule has 1 heterocycles. The van der Waals surface area contributed by atoms with Crippen molar-refractivity contribution in [1.29, 1.82) is 0 Å². The van der Waals surface area contributed by atoms with Crippen LogP contribution in [0.3, 0.4) is 0 Å². The standard InChI is InChI=1S/C13H18N4O/c1-2-6-11(10-18)9-13-14-15-16-17(13)12-7-4-3-5-8-12/h3-5,7-8,11,18H,2,6,9-10H2,1H3. The number of tetrazole rings is 1. The summed E-state index contributed by atoms with van der Waals surface area (Å²) in [6.07, 6.45) is 2.74. The van der Waals surface area contributed by atoms with Gasteiger partial charge >= 0.3 is 0 Å². The summed E-state index contributed by atoms with van der Waals surface area (Å²) in [6, 6.07) is 9.80. The van der Waals surface area contributed by atoms with E-state index >= 15 is 0 Å². The molecule has 0 aliphatic carbocycles. The molecule has 0 spiro atoms. The molecule has 18 heavy (non-hydrogen) atoms. The van der Waals surface area contributed by atoms with E-state index in [1.165, 1.54) is 0 Å². The molecule has 1 unspecified atom stereocenters. The van der Waals surface area contributed by atoms with Crippen LogP contribution in [0.1, 0.15) is 25.6 Å². The van der Waals surface area contributed by atoms with Crippen molar-refractivity contribution in [2.75, 3.05) is 6.61 Å². The summed E-state index contributed by atoms with van der Waals surface area (Å²) < 4.78 is 1.73. The molecule has 1 N–H and O–H groups in total. The van der Waals surface area contributed by atoms with Gasteiger partial charge < -0.3 is 5.11 Å². The van der Waals surface area contributed by atoms with Gasteiger partial charge in [0.15, 0.2) is 5.82 Å². The van der Waals surface area contributed by atoms with Gasteiger partial charge in [0.05, 0.1) is 5.69 Å². The number of aliphatic hydroxyl groups excluding tert-OH is 1. The Morgan fingerprint density at radius 1 is 1.28 bits per heavy atom. The van der Waals surface area contributed by atoms with E-state index in [4.69, 9.17) is 0 Å². The Morgan fingerprint density at radius 2 is 2.06 bits per heavy atom. The highest BCUT2D eigenvalue weighted by Crippen LogP contribution is 2.14. The first-order valence-corrected chi connectivity index (χ1v) is 6.28. The molecule has 1 aromatic heterocycles. The third-order valence-corrected chi connectivity index (χ3v) is 2.96. The molecule has 5 nitrogen and oxygen atoms in total. The second-order valence-corrected chi connectivity index (χ2v) is 4.38. The van der Waals surface area contributed by atoms with Gasteiger partial charge in [-0.15, -0.1) is 5.10 Å². The van der Waals surface area contributed by atoms with Crippen LogP contribution in [0.4, 0.5) is 0 Å². The largest absolute Gasteiger partial charge is 0.396 e. The summed E-state index contributed by atoms with van der Waals surface area (Å²) in [4.78, 5) is 0. The van der Waals surface area contributed by atoms with Crippen LogP contribution in [0.15, 0.2) is 30.3 Å². The Morgan fingerprint density at radius 3 is 2.72 bits per heavy atom. The maximum Gasteiger partial charge on any atom is 0.157 e. The fourth-order valence-electron chi connectivity index (χ4n) is 2.03. The molecular formula is C13H18N4O. The molecule has 0 aliphatic rings.